The van der Waals surface area contributed by atoms with Crippen LogP contribution >= 0.6 is 11.3 Å². The molecule has 1 saturated heterocycles. The number of aromatic nitrogens is 4. The van der Waals surface area contributed by atoms with Gasteiger partial charge in [-0.2, -0.15) is 5.10 Å². The second kappa shape index (κ2) is 9.06. The van der Waals surface area contributed by atoms with Crippen LogP contribution in [0.3, 0.4) is 0 Å². The predicted octanol–water partition coefficient (Wildman–Crippen LogP) is 2.78. The van der Waals surface area contributed by atoms with Gasteiger partial charge in [-0.1, -0.05) is 12.8 Å². The highest BCUT2D eigenvalue weighted by molar-refractivity contribution is 7.16. The zero-order valence-electron chi connectivity index (χ0n) is 18.4. The molecule has 2 N–H and O–H groups in total. The van der Waals surface area contributed by atoms with Crippen molar-refractivity contribution >= 4 is 28.2 Å². The number of hydrogen-bond donors (Lipinski definition) is 2. The molecule has 0 bridgehead atoms. The largest absolute Gasteiger partial charge is 0.465 e. The first-order valence-electron chi connectivity index (χ1n) is 11.3. The second-order valence-corrected chi connectivity index (χ2v) is 9.64. The summed E-state index contributed by atoms with van der Waals surface area (Å²) in [7, 11) is 1.60. The van der Waals surface area contributed by atoms with E-state index >= 15 is 0 Å². The van der Waals surface area contributed by atoms with Crippen molar-refractivity contribution in [3.8, 4) is 11.4 Å². The van der Waals surface area contributed by atoms with Gasteiger partial charge in [-0.3, -0.25) is 10.1 Å². The van der Waals surface area contributed by atoms with E-state index in [9.17, 15) is 14.7 Å². The summed E-state index contributed by atoms with van der Waals surface area (Å²) >= 11 is 1.54. The summed E-state index contributed by atoms with van der Waals surface area (Å²) in [5, 5.41) is 19.2. The van der Waals surface area contributed by atoms with Gasteiger partial charge in [-0.25, -0.2) is 19.3 Å². The maximum atomic E-state index is 13.5. The summed E-state index contributed by atoms with van der Waals surface area (Å²) in [4.78, 5) is 38.0. The average Bonchev–Trinajstić information content (AvgIpc) is 3.37. The van der Waals surface area contributed by atoms with Gasteiger partial charge in [0.2, 0.25) is 0 Å². The zero-order valence-corrected chi connectivity index (χ0v) is 19.2. The molecule has 174 valence electrons. The van der Waals surface area contributed by atoms with E-state index in [1.54, 1.807) is 46.3 Å². The van der Waals surface area contributed by atoms with Gasteiger partial charge in [-0.15, -0.1) is 11.3 Å². The third-order valence-corrected chi connectivity index (χ3v) is 7.45. The van der Waals surface area contributed by atoms with Crippen molar-refractivity contribution in [3.05, 3.63) is 35.7 Å². The molecule has 1 aliphatic heterocycles. The maximum absolute atomic E-state index is 13.5. The highest BCUT2D eigenvalue weighted by Crippen LogP contribution is 2.32. The lowest BCUT2D eigenvalue weighted by Gasteiger charge is -2.42. The molecule has 0 spiro atoms. The van der Waals surface area contributed by atoms with Gasteiger partial charge >= 0.3 is 6.09 Å². The van der Waals surface area contributed by atoms with E-state index in [0.29, 0.717) is 30.9 Å². The van der Waals surface area contributed by atoms with Gasteiger partial charge in [0.05, 0.1) is 17.9 Å². The first-order chi connectivity index (χ1) is 16.0. The first-order valence-corrected chi connectivity index (χ1v) is 12.1. The van der Waals surface area contributed by atoms with E-state index in [0.717, 1.165) is 29.3 Å². The fourth-order valence-corrected chi connectivity index (χ4v) is 5.18. The van der Waals surface area contributed by atoms with Gasteiger partial charge < -0.3 is 14.9 Å². The Labute approximate surface area is 195 Å². The molecular formula is C22H27N7O3S. The Balaban J connectivity index is 1.36. The number of likely N-dealkylation sites (tertiary alicyclic amines) is 1. The number of carboxylic acid groups (broad SMARTS) is 1. The molecule has 33 heavy (non-hydrogen) atoms. The van der Waals surface area contributed by atoms with E-state index in [1.165, 1.54) is 17.7 Å². The van der Waals surface area contributed by atoms with E-state index in [2.05, 4.69) is 20.4 Å². The van der Waals surface area contributed by atoms with Crippen LogP contribution in [-0.2, 0) is 0 Å². The highest BCUT2D eigenvalue weighted by atomic mass is 32.1. The number of rotatable bonds is 7. The Morgan fingerprint density at radius 3 is 2.97 bits per heavy atom. The van der Waals surface area contributed by atoms with Crippen molar-refractivity contribution in [2.45, 2.75) is 44.3 Å². The zero-order chi connectivity index (χ0) is 22.9. The van der Waals surface area contributed by atoms with Crippen molar-refractivity contribution in [1.29, 1.82) is 0 Å². The van der Waals surface area contributed by atoms with Crippen molar-refractivity contribution in [2.24, 2.45) is 5.92 Å². The molecule has 0 radical (unpaired) electrons. The number of thiazole rings is 1. The number of amides is 2. The molecule has 3 aromatic heterocycles. The Bertz CT molecular complexity index is 1160. The number of carbonyl (C=O) groups is 2. The second-order valence-electron chi connectivity index (χ2n) is 8.75. The Morgan fingerprint density at radius 1 is 1.33 bits per heavy atom. The van der Waals surface area contributed by atoms with Crippen LogP contribution in [0.2, 0.25) is 0 Å². The molecule has 3 aromatic rings. The van der Waals surface area contributed by atoms with Gasteiger partial charge in [-0.05, 0) is 31.4 Å². The average molecular weight is 470 g/mol. The standard InChI is InChI=1S/C22H27N7O3S/c1-27(22(31)32)15-6-9-28(18(12-15)23-7-4-14-2-3-14)20(30)17-5-8-24-19(26-17)16-13-25-29-10-11-33-21(16)29/h5,8,10-11,13-15,18,23H,2-4,6-7,9,12H2,1H3,(H,31,32). The lowest BCUT2D eigenvalue weighted by Crippen LogP contribution is -2.57. The van der Waals surface area contributed by atoms with Gasteiger partial charge in [0.25, 0.3) is 5.91 Å². The smallest absolute Gasteiger partial charge is 0.407 e. The normalized spacial score (nSPS) is 20.8. The molecule has 2 amide bonds. The summed E-state index contributed by atoms with van der Waals surface area (Å²) in [6.45, 7) is 1.27. The maximum Gasteiger partial charge on any atom is 0.407 e. The minimum atomic E-state index is -0.946. The Hall–Kier alpha value is -3.05. The molecule has 1 aliphatic carbocycles. The van der Waals surface area contributed by atoms with Crippen LogP contribution in [0.4, 0.5) is 4.79 Å². The van der Waals surface area contributed by atoms with E-state index in [-0.39, 0.29) is 18.1 Å². The van der Waals surface area contributed by atoms with Crippen molar-refractivity contribution in [2.75, 3.05) is 20.1 Å². The summed E-state index contributed by atoms with van der Waals surface area (Å²) in [5.41, 5.74) is 1.12. The SMILES string of the molecule is CN(C(=O)O)C1CCN(C(=O)c2ccnc(-c3cnn4ccsc34)n2)C(NCCC2CC2)C1. The van der Waals surface area contributed by atoms with E-state index < -0.39 is 6.09 Å². The molecular weight excluding hydrogens is 442 g/mol. The summed E-state index contributed by atoms with van der Waals surface area (Å²) in [6.07, 6.45) is 8.77. The molecule has 2 unspecified atom stereocenters. The van der Waals surface area contributed by atoms with E-state index in [1.807, 2.05) is 11.6 Å². The van der Waals surface area contributed by atoms with Crippen molar-refractivity contribution < 1.29 is 14.7 Å². The summed E-state index contributed by atoms with van der Waals surface area (Å²) in [6, 6.07) is 1.50. The Morgan fingerprint density at radius 2 is 2.18 bits per heavy atom. The minimum Gasteiger partial charge on any atom is -0.465 e. The van der Waals surface area contributed by atoms with Crippen LogP contribution in [0.15, 0.2) is 30.0 Å². The fraction of sp³-hybridized carbons (Fsp3) is 0.500. The molecule has 2 atom stereocenters. The Kier molecular flexibility index (Phi) is 5.98. The van der Waals surface area contributed by atoms with Gasteiger partial charge in [0.1, 0.15) is 10.5 Å². The highest BCUT2D eigenvalue weighted by Gasteiger charge is 2.35. The fourth-order valence-electron chi connectivity index (χ4n) is 4.39. The molecule has 2 fully saturated rings. The lowest BCUT2D eigenvalue weighted by atomic mass is 10.00. The number of piperidine rings is 1. The predicted molar refractivity (Wildman–Crippen MR) is 123 cm³/mol. The number of fused-ring (bicyclic) bond motifs is 1. The third kappa shape index (κ3) is 4.55. The third-order valence-electron chi connectivity index (χ3n) is 6.56. The molecule has 2 aliphatic rings. The van der Waals surface area contributed by atoms with Crippen molar-refractivity contribution in [1.82, 2.24) is 34.7 Å². The lowest BCUT2D eigenvalue weighted by molar-refractivity contribution is 0.0402. The van der Waals surface area contributed by atoms with Crippen LogP contribution < -0.4 is 5.32 Å². The van der Waals surface area contributed by atoms with Gasteiger partial charge in [0, 0.05) is 43.8 Å². The monoisotopic (exact) mass is 469 g/mol. The van der Waals surface area contributed by atoms with Crippen LogP contribution in [0.5, 0.6) is 0 Å². The number of hydrogen-bond acceptors (Lipinski definition) is 7. The summed E-state index contributed by atoms with van der Waals surface area (Å²) < 4.78 is 1.77. The van der Waals surface area contributed by atoms with Crippen LogP contribution in [0.25, 0.3) is 16.2 Å². The van der Waals surface area contributed by atoms with Crippen LogP contribution in [0, 0.1) is 5.92 Å². The van der Waals surface area contributed by atoms with E-state index in [4.69, 9.17) is 0 Å². The van der Waals surface area contributed by atoms with Gasteiger partial charge in [0.15, 0.2) is 5.82 Å². The molecule has 11 heteroatoms. The van der Waals surface area contributed by atoms with Crippen LogP contribution in [-0.4, -0.2) is 78.8 Å². The molecule has 10 nitrogen and oxygen atoms in total. The quantitative estimate of drug-likeness (QED) is 0.547. The topological polar surface area (TPSA) is 116 Å². The van der Waals surface area contributed by atoms with Crippen LogP contribution in [0.1, 0.15) is 42.6 Å². The summed E-state index contributed by atoms with van der Waals surface area (Å²) in [5.74, 6) is 1.07. The number of nitrogens with zero attached hydrogens (tertiary/aromatic N) is 6. The molecule has 5 rings (SSSR count). The minimum absolute atomic E-state index is 0.134. The van der Waals surface area contributed by atoms with Crippen molar-refractivity contribution in [3.63, 3.8) is 0 Å². The number of nitrogens with one attached hydrogen (secondary N) is 1. The molecule has 0 aromatic carbocycles. The molecule has 4 heterocycles. The first kappa shape index (κ1) is 21.8. The molecule has 1 saturated carbocycles. The number of carbonyl (C=O) groups excluding carboxylic acids is 1.